The van der Waals surface area contributed by atoms with E-state index in [0.717, 1.165) is 6.42 Å². The van der Waals surface area contributed by atoms with Crippen molar-refractivity contribution in [3.63, 3.8) is 0 Å². The molecule has 0 aliphatic rings. The van der Waals surface area contributed by atoms with E-state index in [1.807, 2.05) is 0 Å². The molecule has 3 nitrogen and oxygen atoms in total. The zero-order valence-electron chi connectivity index (χ0n) is 7.25. The molecule has 13 heavy (non-hydrogen) atoms. The van der Waals surface area contributed by atoms with Gasteiger partial charge in [0.15, 0.2) is 5.76 Å². The predicted molar refractivity (Wildman–Crippen MR) is 49.1 cm³/mol. The average molecular weight is 177 g/mol. The van der Waals surface area contributed by atoms with Gasteiger partial charge in [-0.2, -0.15) is 0 Å². The van der Waals surface area contributed by atoms with Gasteiger partial charge in [0.2, 0.25) is 0 Å². The zero-order chi connectivity index (χ0) is 9.52. The molecule has 0 unspecified atom stereocenters. The van der Waals surface area contributed by atoms with Gasteiger partial charge in [0.1, 0.15) is 0 Å². The summed E-state index contributed by atoms with van der Waals surface area (Å²) in [6.45, 7) is 0.587. The molecule has 0 aromatic carbocycles. The first kappa shape index (κ1) is 9.40. The summed E-state index contributed by atoms with van der Waals surface area (Å²) in [5.41, 5.74) is 0. The molecule has 0 spiro atoms. The number of carbonyl (C=O) groups is 1. The van der Waals surface area contributed by atoms with Gasteiger partial charge in [-0.1, -0.05) is 0 Å². The van der Waals surface area contributed by atoms with E-state index < -0.39 is 0 Å². The van der Waals surface area contributed by atoms with Crippen LogP contribution in [-0.4, -0.2) is 12.5 Å². The second-order valence-corrected chi connectivity index (χ2v) is 2.54. The van der Waals surface area contributed by atoms with E-state index in [9.17, 15) is 4.79 Å². The molecule has 0 fully saturated rings. The first-order valence-corrected chi connectivity index (χ1v) is 4.10. The SMILES string of the molecule is C#CCCCNC(=O)c1ccco1. The van der Waals surface area contributed by atoms with Crippen LogP contribution in [0.15, 0.2) is 22.8 Å². The first-order chi connectivity index (χ1) is 6.34. The fraction of sp³-hybridized carbons (Fsp3) is 0.300. The van der Waals surface area contributed by atoms with E-state index in [-0.39, 0.29) is 5.91 Å². The van der Waals surface area contributed by atoms with Crippen molar-refractivity contribution in [2.45, 2.75) is 12.8 Å². The highest BCUT2D eigenvalue weighted by Crippen LogP contribution is 1.98. The van der Waals surface area contributed by atoms with Crippen molar-refractivity contribution in [2.24, 2.45) is 0 Å². The van der Waals surface area contributed by atoms with Crippen LogP contribution in [0.2, 0.25) is 0 Å². The van der Waals surface area contributed by atoms with Crippen molar-refractivity contribution < 1.29 is 9.21 Å². The molecule has 0 saturated carbocycles. The van der Waals surface area contributed by atoms with Gasteiger partial charge in [-0.15, -0.1) is 12.3 Å². The van der Waals surface area contributed by atoms with Gasteiger partial charge >= 0.3 is 0 Å². The first-order valence-electron chi connectivity index (χ1n) is 4.10. The minimum Gasteiger partial charge on any atom is -0.459 e. The Morgan fingerprint density at radius 1 is 1.69 bits per heavy atom. The molecular weight excluding hydrogens is 166 g/mol. The topological polar surface area (TPSA) is 42.2 Å². The lowest BCUT2D eigenvalue weighted by Gasteiger charge is -1.99. The van der Waals surface area contributed by atoms with Crippen LogP contribution in [-0.2, 0) is 0 Å². The third-order valence-corrected chi connectivity index (χ3v) is 1.53. The van der Waals surface area contributed by atoms with E-state index in [4.69, 9.17) is 10.8 Å². The van der Waals surface area contributed by atoms with E-state index in [1.165, 1.54) is 6.26 Å². The lowest BCUT2D eigenvalue weighted by atomic mass is 10.3. The molecule has 1 aromatic heterocycles. The third-order valence-electron chi connectivity index (χ3n) is 1.53. The summed E-state index contributed by atoms with van der Waals surface area (Å²) in [5, 5.41) is 2.69. The number of hydrogen-bond donors (Lipinski definition) is 1. The van der Waals surface area contributed by atoms with Gasteiger partial charge in [-0.05, 0) is 18.6 Å². The van der Waals surface area contributed by atoms with Crippen molar-refractivity contribution >= 4 is 5.91 Å². The largest absolute Gasteiger partial charge is 0.459 e. The van der Waals surface area contributed by atoms with Crippen LogP contribution in [0.4, 0.5) is 0 Å². The molecule has 1 N–H and O–H groups in total. The number of carbonyl (C=O) groups excluding carboxylic acids is 1. The Hall–Kier alpha value is -1.69. The molecule has 0 atom stereocenters. The number of rotatable bonds is 4. The van der Waals surface area contributed by atoms with Crippen molar-refractivity contribution in [1.82, 2.24) is 5.32 Å². The third kappa shape index (κ3) is 3.04. The Kier molecular flexibility index (Phi) is 3.65. The fourth-order valence-electron chi connectivity index (χ4n) is 0.887. The summed E-state index contributed by atoms with van der Waals surface area (Å²) in [6, 6.07) is 3.30. The number of unbranched alkanes of at least 4 members (excludes halogenated alkanes) is 1. The van der Waals surface area contributed by atoms with Crippen LogP contribution < -0.4 is 5.32 Å². The van der Waals surface area contributed by atoms with Gasteiger partial charge in [-0.3, -0.25) is 4.79 Å². The van der Waals surface area contributed by atoms with E-state index in [2.05, 4.69) is 11.2 Å². The number of amides is 1. The standard InChI is InChI=1S/C10H11NO2/c1-2-3-4-7-11-10(12)9-6-5-8-13-9/h1,5-6,8H,3-4,7H2,(H,11,12). The summed E-state index contributed by atoms with van der Waals surface area (Å²) >= 11 is 0. The molecule has 0 bridgehead atoms. The monoisotopic (exact) mass is 177 g/mol. The van der Waals surface area contributed by atoms with Gasteiger partial charge in [0.25, 0.3) is 5.91 Å². The van der Waals surface area contributed by atoms with Crippen molar-refractivity contribution in [2.75, 3.05) is 6.54 Å². The minimum absolute atomic E-state index is 0.193. The molecule has 1 rings (SSSR count). The van der Waals surface area contributed by atoms with Crippen molar-refractivity contribution in [3.05, 3.63) is 24.2 Å². The average Bonchev–Trinajstić information content (AvgIpc) is 2.65. The molecule has 1 amide bonds. The molecule has 68 valence electrons. The van der Waals surface area contributed by atoms with E-state index in [1.54, 1.807) is 12.1 Å². The van der Waals surface area contributed by atoms with Crippen LogP contribution in [0.3, 0.4) is 0 Å². The zero-order valence-corrected chi connectivity index (χ0v) is 7.25. The summed E-state index contributed by atoms with van der Waals surface area (Å²) < 4.78 is 4.90. The van der Waals surface area contributed by atoms with Gasteiger partial charge in [-0.25, -0.2) is 0 Å². The van der Waals surface area contributed by atoms with Crippen LogP contribution in [0.5, 0.6) is 0 Å². The maximum atomic E-state index is 11.2. The maximum Gasteiger partial charge on any atom is 0.286 e. The minimum atomic E-state index is -0.193. The predicted octanol–water partition coefficient (Wildman–Crippen LogP) is 1.42. The Bertz CT molecular complexity index is 295. The Morgan fingerprint density at radius 2 is 2.54 bits per heavy atom. The van der Waals surface area contributed by atoms with Crippen molar-refractivity contribution in [3.8, 4) is 12.3 Å². The number of hydrogen-bond acceptors (Lipinski definition) is 2. The maximum absolute atomic E-state index is 11.2. The summed E-state index contributed by atoms with van der Waals surface area (Å²) in [5.74, 6) is 2.64. The lowest BCUT2D eigenvalue weighted by Crippen LogP contribution is -2.23. The fourth-order valence-corrected chi connectivity index (χ4v) is 0.887. The van der Waals surface area contributed by atoms with Crippen LogP contribution in [0.1, 0.15) is 23.4 Å². The molecule has 0 saturated heterocycles. The van der Waals surface area contributed by atoms with Crippen molar-refractivity contribution in [1.29, 1.82) is 0 Å². The Labute approximate surface area is 77.1 Å². The van der Waals surface area contributed by atoms with Gasteiger partial charge in [0.05, 0.1) is 6.26 Å². The van der Waals surface area contributed by atoms with E-state index in [0.29, 0.717) is 18.7 Å². The lowest BCUT2D eigenvalue weighted by molar-refractivity contribution is 0.0925. The summed E-state index contributed by atoms with van der Waals surface area (Å²) in [6.07, 6.45) is 8.00. The van der Waals surface area contributed by atoms with E-state index >= 15 is 0 Å². The summed E-state index contributed by atoms with van der Waals surface area (Å²) in [4.78, 5) is 11.2. The number of furan rings is 1. The van der Waals surface area contributed by atoms with Gasteiger partial charge < -0.3 is 9.73 Å². The normalized spacial score (nSPS) is 9.15. The molecule has 3 heteroatoms. The number of nitrogens with one attached hydrogen (secondary N) is 1. The second kappa shape index (κ2) is 5.04. The molecular formula is C10H11NO2. The molecule has 0 radical (unpaired) electrons. The second-order valence-electron chi connectivity index (χ2n) is 2.54. The molecule has 1 heterocycles. The molecule has 0 aliphatic carbocycles. The smallest absolute Gasteiger partial charge is 0.286 e. The quantitative estimate of drug-likeness (QED) is 0.558. The highest BCUT2D eigenvalue weighted by molar-refractivity contribution is 5.91. The molecule has 0 aliphatic heterocycles. The van der Waals surface area contributed by atoms with Crippen LogP contribution >= 0.6 is 0 Å². The Balaban J connectivity index is 2.24. The highest BCUT2D eigenvalue weighted by atomic mass is 16.3. The molecule has 1 aromatic rings. The Morgan fingerprint density at radius 3 is 3.15 bits per heavy atom. The van der Waals surface area contributed by atoms with Crippen LogP contribution in [0.25, 0.3) is 0 Å². The van der Waals surface area contributed by atoms with Crippen LogP contribution in [0, 0.1) is 12.3 Å². The number of terminal acetylenes is 1. The van der Waals surface area contributed by atoms with Gasteiger partial charge in [0, 0.05) is 13.0 Å². The summed E-state index contributed by atoms with van der Waals surface area (Å²) in [7, 11) is 0. The highest BCUT2D eigenvalue weighted by Gasteiger charge is 2.05.